The molecule has 1 atom stereocenters. The smallest absolute Gasteiger partial charge is 0.241 e. The van der Waals surface area contributed by atoms with Gasteiger partial charge in [-0.2, -0.15) is 0 Å². The van der Waals surface area contributed by atoms with Gasteiger partial charge in [0, 0.05) is 6.07 Å². The van der Waals surface area contributed by atoms with Crippen LogP contribution in [0, 0.1) is 17.6 Å². The summed E-state index contributed by atoms with van der Waals surface area (Å²) in [5.41, 5.74) is 0.0205. The fraction of sp³-hybridized carbons (Fsp3) is 0.588. The second-order valence-corrected chi connectivity index (χ2v) is 6.16. The number of hydrogen-bond donors (Lipinski definition) is 2. The Bertz CT molecular complexity index is 537. The molecule has 0 aliphatic carbocycles. The van der Waals surface area contributed by atoms with E-state index in [0.29, 0.717) is 5.92 Å². The third kappa shape index (κ3) is 5.69. The van der Waals surface area contributed by atoms with E-state index >= 15 is 0 Å². The fourth-order valence-electron chi connectivity index (χ4n) is 2.97. The van der Waals surface area contributed by atoms with Gasteiger partial charge in [0.25, 0.3) is 0 Å². The van der Waals surface area contributed by atoms with Crippen molar-refractivity contribution >= 4 is 24.0 Å². The van der Waals surface area contributed by atoms with E-state index in [0.717, 1.165) is 51.0 Å². The highest BCUT2D eigenvalue weighted by Gasteiger charge is 2.26. The highest BCUT2D eigenvalue weighted by molar-refractivity contribution is 5.94. The van der Waals surface area contributed by atoms with Gasteiger partial charge in [-0.15, -0.1) is 12.4 Å². The molecule has 1 aliphatic heterocycles. The number of nitrogens with one attached hydrogen (secondary N) is 2. The number of carbonyl (C=O) groups is 1. The van der Waals surface area contributed by atoms with Gasteiger partial charge in [-0.1, -0.05) is 0 Å². The van der Waals surface area contributed by atoms with E-state index in [1.165, 1.54) is 6.07 Å². The van der Waals surface area contributed by atoms with Gasteiger partial charge in [-0.25, -0.2) is 8.78 Å². The van der Waals surface area contributed by atoms with Crippen molar-refractivity contribution in [1.82, 2.24) is 10.2 Å². The summed E-state index contributed by atoms with van der Waals surface area (Å²) in [7, 11) is 1.95. The Labute approximate surface area is 148 Å². The van der Waals surface area contributed by atoms with E-state index in [9.17, 15) is 13.6 Å². The number of halogens is 3. The summed E-state index contributed by atoms with van der Waals surface area (Å²) in [6.07, 6.45) is 3.31. The van der Waals surface area contributed by atoms with E-state index in [2.05, 4.69) is 15.5 Å². The topological polar surface area (TPSA) is 44.4 Å². The third-order valence-electron chi connectivity index (χ3n) is 4.57. The van der Waals surface area contributed by atoms with Gasteiger partial charge in [0.1, 0.15) is 11.6 Å². The van der Waals surface area contributed by atoms with E-state index in [1.54, 1.807) is 0 Å². The first-order valence-corrected chi connectivity index (χ1v) is 8.16. The lowest BCUT2D eigenvalue weighted by atomic mass is 9.93. The molecule has 1 heterocycles. The van der Waals surface area contributed by atoms with Gasteiger partial charge in [-0.05, 0) is 70.9 Å². The average Bonchev–Trinajstić information content (AvgIpc) is 2.55. The predicted molar refractivity (Wildman–Crippen MR) is 94.5 cm³/mol. The first kappa shape index (κ1) is 20.8. The Balaban J connectivity index is 0.00000288. The molecule has 136 valence electrons. The number of carbonyl (C=O) groups excluding carboxylic acids is 1. The molecule has 1 aromatic rings. The molecule has 1 aromatic carbocycles. The first-order valence-electron chi connectivity index (χ1n) is 8.16. The molecule has 1 aliphatic rings. The molecular formula is C17H26ClF2N3O. The van der Waals surface area contributed by atoms with Crippen LogP contribution < -0.4 is 10.6 Å². The second-order valence-electron chi connectivity index (χ2n) is 6.16. The molecule has 1 unspecified atom stereocenters. The number of piperidine rings is 1. The van der Waals surface area contributed by atoms with Gasteiger partial charge >= 0.3 is 0 Å². The first-order chi connectivity index (χ1) is 11.0. The third-order valence-corrected chi connectivity index (χ3v) is 4.57. The van der Waals surface area contributed by atoms with Gasteiger partial charge in [0.2, 0.25) is 5.91 Å². The highest BCUT2D eigenvalue weighted by atomic mass is 35.5. The minimum absolute atomic E-state index is 0. The molecule has 2 N–H and O–H groups in total. The molecule has 4 nitrogen and oxygen atoms in total. The van der Waals surface area contributed by atoms with Crippen molar-refractivity contribution in [2.24, 2.45) is 5.92 Å². The summed E-state index contributed by atoms with van der Waals surface area (Å²) in [4.78, 5) is 14.4. The van der Waals surface area contributed by atoms with Gasteiger partial charge < -0.3 is 10.6 Å². The molecule has 1 amide bonds. The molecule has 0 saturated carbocycles. The van der Waals surface area contributed by atoms with Crippen LogP contribution in [-0.4, -0.2) is 43.5 Å². The van der Waals surface area contributed by atoms with E-state index in [1.807, 2.05) is 14.0 Å². The van der Waals surface area contributed by atoms with Crippen LogP contribution in [0.25, 0.3) is 0 Å². The monoisotopic (exact) mass is 361 g/mol. The van der Waals surface area contributed by atoms with E-state index in [4.69, 9.17) is 0 Å². The SMILES string of the molecule is CNCCC1CCN(C(C)C(=O)Nc2ccc(F)cc2F)CC1.Cl. The Morgan fingerprint density at radius 1 is 1.33 bits per heavy atom. The second kappa shape index (κ2) is 9.91. The summed E-state index contributed by atoms with van der Waals surface area (Å²) in [5.74, 6) is -0.971. The lowest BCUT2D eigenvalue weighted by Crippen LogP contribution is -2.46. The molecule has 0 radical (unpaired) electrons. The number of amides is 1. The largest absolute Gasteiger partial charge is 0.322 e. The Kier molecular flexibility index (Phi) is 8.59. The summed E-state index contributed by atoms with van der Waals surface area (Å²) in [5, 5.41) is 5.71. The minimum atomic E-state index is -0.753. The molecule has 24 heavy (non-hydrogen) atoms. The molecule has 7 heteroatoms. The van der Waals surface area contributed by atoms with Crippen LogP contribution in [0.5, 0.6) is 0 Å². The molecule has 0 aromatic heterocycles. The molecule has 0 bridgehead atoms. The molecule has 1 saturated heterocycles. The van der Waals surface area contributed by atoms with Crippen LogP contribution in [0.2, 0.25) is 0 Å². The molecule has 0 spiro atoms. The normalized spacial score (nSPS) is 17.2. The van der Waals surface area contributed by atoms with Gasteiger partial charge in [0.05, 0.1) is 11.7 Å². The standard InChI is InChI=1S/C17H25F2N3O.ClH/c1-12(22-9-6-13(7-10-22)5-8-20-2)17(23)21-16-4-3-14(18)11-15(16)19;/h3-4,11-13,20H,5-10H2,1-2H3,(H,21,23);1H. The maximum Gasteiger partial charge on any atom is 0.241 e. The van der Waals surface area contributed by atoms with Crippen molar-refractivity contribution in [2.75, 3.05) is 32.0 Å². The number of anilines is 1. The van der Waals surface area contributed by atoms with Crippen LogP contribution in [0.15, 0.2) is 18.2 Å². The van der Waals surface area contributed by atoms with E-state index < -0.39 is 11.6 Å². The summed E-state index contributed by atoms with van der Waals surface area (Å²) in [6.45, 7) is 4.58. The zero-order chi connectivity index (χ0) is 16.8. The molecular weight excluding hydrogens is 336 g/mol. The van der Waals surface area contributed by atoms with Crippen LogP contribution in [0.1, 0.15) is 26.2 Å². The zero-order valence-electron chi connectivity index (χ0n) is 14.1. The van der Waals surface area contributed by atoms with Crippen LogP contribution in [0.3, 0.4) is 0 Å². The van der Waals surface area contributed by atoms with Crippen molar-refractivity contribution in [3.8, 4) is 0 Å². The Hall–Kier alpha value is -1.24. The fourth-order valence-corrected chi connectivity index (χ4v) is 2.97. The number of hydrogen-bond acceptors (Lipinski definition) is 3. The van der Waals surface area contributed by atoms with Crippen LogP contribution >= 0.6 is 12.4 Å². The summed E-state index contributed by atoms with van der Waals surface area (Å²) in [6, 6.07) is 2.83. The average molecular weight is 362 g/mol. The Morgan fingerprint density at radius 2 is 2.00 bits per heavy atom. The zero-order valence-corrected chi connectivity index (χ0v) is 15.0. The van der Waals surface area contributed by atoms with Crippen molar-refractivity contribution in [3.05, 3.63) is 29.8 Å². The summed E-state index contributed by atoms with van der Waals surface area (Å²) < 4.78 is 26.5. The predicted octanol–water partition coefficient (Wildman–Crippen LogP) is 3.04. The summed E-state index contributed by atoms with van der Waals surface area (Å²) >= 11 is 0. The lowest BCUT2D eigenvalue weighted by Gasteiger charge is -2.35. The quantitative estimate of drug-likeness (QED) is 0.818. The molecule has 1 fully saturated rings. The van der Waals surface area contributed by atoms with Crippen molar-refractivity contribution in [2.45, 2.75) is 32.2 Å². The van der Waals surface area contributed by atoms with Crippen LogP contribution in [-0.2, 0) is 4.79 Å². The van der Waals surface area contributed by atoms with Crippen LogP contribution in [0.4, 0.5) is 14.5 Å². The highest BCUT2D eigenvalue weighted by Crippen LogP contribution is 2.22. The number of rotatable bonds is 6. The van der Waals surface area contributed by atoms with Gasteiger partial charge in [0.15, 0.2) is 0 Å². The number of benzene rings is 1. The maximum atomic E-state index is 13.6. The minimum Gasteiger partial charge on any atom is -0.322 e. The molecule has 2 rings (SSSR count). The van der Waals surface area contributed by atoms with Crippen molar-refractivity contribution in [3.63, 3.8) is 0 Å². The van der Waals surface area contributed by atoms with E-state index in [-0.39, 0.29) is 30.0 Å². The lowest BCUT2D eigenvalue weighted by molar-refractivity contribution is -0.121. The van der Waals surface area contributed by atoms with Crippen molar-refractivity contribution in [1.29, 1.82) is 0 Å². The number of nitrogens with zero attached hydrogens (tertiary/aromatic N) is 1. The van der Waals surface area contributed by atoms with Crippen molar-refractivity contribution < 1.29 is 13.6 Å². The van der Waals surface area contributed by atoms with Gasteiger partial charge in [-0.3, -0.25) is 9.69 Å². The maximum absolute atomic E-state index is 13.6. The Morgan fingerprint density at radius 3 is 2.58 bits per heavy atom. The number of likely N-dealkylation sites (tertiary alicyclic amines) is 1.